The summed E-state index contributed by atoms with van der Waals surface area (Å²) in [5.74, 6) is 2.97. The second-order valence-corrected chi connectivity index (χ2v) is 8.67. The van der Waals surface area contributed by atoms with Crippen LogP contribution in [0.4, 0.5) is 16.4 Å². The van der Waals surface area contributed by atoms with E-state index in [9.17, 15) is 4.79 Å². The maximum absolute atomic E-state index is 12.4. The van der Waals surface area contributed by atoms with Gasteiger partial charge in [-0.3, -0.25) is 4.90 Å². The SMILES string of the molecule is Cc1ccccc1Oc1ccc(NC[C@H]2CC[C@]3(CC2)CN(c2cccnn2)C(=O)O3)nn1. The Morgan fingerprint density at radius 3 is 2.67 bits per heavy atom. The van der Waals surface area contributed by atoms with E-state index in [2.05, 4.69) is 25.7 Å². The first-order valence-electron chi connectivity index (χ1n) is 11.2. The first-order chi connectivity index (χ1) is 16.1. The van der Waals surface area contributed by atoms with E-state index in [0.717, 1.165) is 43.5 Å². The standard InChI is InChI=1S/C24H26N6O3/c1-17-5-2-3-6-19(17)32-22-9-8-20(27-29-22)25-15-18-10-12-24(13-11-18)16-30(23(31)33-24)21-7-4-14-26-28-21/h2-9,14,18H,10-13,15-16H2,1H3,(H,25,27)/t18-,24-. The molecule has 0 bridgehead atoms. The molecular formula is C24H26N6O3. The Morgan fingerprint density at radius 1 is 1.09 bits per heavy atom. The Morgan fingerprint density at radius 2 is 1.94 bits per heavy atom. The van der Waals surface area contributed by atoms with Gasteiger partial charge in [0, 0.05) is 18.8 Å². The summed E-state index contributed by atoms with van der Waals surface area (Å²) in [5, 5.41) is 19.7. The van der Waals surface area contributed by atoms with Crippen molar-refractivity contribution in [1.82, 2.24) is 20.4 Å². The highest BCUT2D eigenvalue weighted by atomic mass is 16.6. The van der Waals surface area contributed by atoms with E-state index in [1.165, 1.54) is 0 Å². The van der Waals surface area contributed by atoms with Crippen LogP contribution in [0.15, 0.2) is 54.7 Å². The van der Waals surface area contributed by atoms with Crippen molar-refractivity contribution in [3.8, 4) is 11.6 Å². The van der Waals surface area contributed by atoms with E-state index in [1.807, 2.05) is 43.3 Å². The maximum Gasteiger partial charge on any atom is 0.416 e. The molecule has 1 N–H and O–H groups in total. The largest absolute Gasteiger partial charge is 0.441 e. The van der Waals surface area contributed by atoms with Crippen LogP contribution >= 0.6 is 0 Å². The molecule has 1 saturated heterocycles. The number of nitrogens with one attached hydrogen (secondary N) is 1. The number of carbonyl (C=O) groups is 1. The van der Waals surface area contributed by atoms with E-state index in [4.69, 9.17) is 9.47 Å². The normalized spacial score (nSPS) is 22.3. The van der Waals surface area contributed by atoms with E-state index >= 15 is 0 Å². The minimum Gasteiger partial charge on any atom is -0.441 e. The van der Waals surface area contributed by atoms with Crippen LogP contribution in [0.1, 0.15) is 31.2 Å². The number of rotatable bonds is 6. The lowest BCUT2D eigenvalue weighted by molar-refractivity contribution is 0.0148. The molecule has 1 aliphatic carbocycles. The molecule has 3 aromatic rings. The van der Waals surface area contributed by atoms with Crippen molar-refractivity contribution < 1.29 is 14.3 Å². The molecule has 1 amide bonds. The third-order valence-electron chi connectivity index (χ3n) is 6.34. The zero-order valence-electron chi connectivity index (χ0n) is 18.5. The lowest BCUT2D eigenvalue weighted by Crippen LogP contribution is -2.39. The molecule has 0 atom stereocenters. The summed E-state index contributed by atoms with van der Waals surface area (Å²) in [7, 11) is 0. The van der Waals surface area contributed by atoms with Crippen LogP contribution in [0.25, 0.3) is 0 Å². The van der Waals surface area contributed by atoms with Gasteiger partial charge < -0.3 is 14.8 Å². The van der Waals surface area contributed by atoms with Gasteiger partial charge in [0.1, 0.15) is 17.2 Å². The van der Waals surface area contributed by atoms with Gasteiger partial charge in [-0.05, 0) is 68.4 Å². The van der Waals surface area contributed by atoms with E-state index in [-0.39, 0.29) is 6.09 Å². The first-order valence-corrected chi connectivity index (χ1v) is 11.2. The van der Waals surface area contributed by atoms with Crippen LogP contribution < -0.4 is 15.0 Å². The number of amides is 1. The molecule has 9 heteroatoms. The molecule has 0 unspecified atom stereocenters. The Bertz CT molecular complexity index is 1100. The van der Waals surface area contributed by atoms with Crippen LogP contribution in [0.3, 0.4) is 0 Å². The maximum atomic E-state index is 12.4. The van der Waals surface area contributed by atoms with Gasteiger partial charge >= 0.3 is 6.09 Å². The monoisotopic (exact) mass is 446 g/mol. The van der Waals surface area contributed by atoms with Gasteiger partial charge in [0.2, 0.25) is 5.88 Å². The van der Waals surface area contributed by atoms with Gasteiger partial charge in [0.05, 0.1) is 6.54 Å². The van der Waals surface area contributed by atoms with Gasteiger partial charge in [-0.2, -0.15) is 5.10 Å². The molecule has 0 radical (unpaired) electrons. The predicted molar refractivity (Wildman–Crippen MR) is 122 cm³/mol. The Labute approximate surface area is 192 Å². The summed E-state index contributed by atoms with van der Waals surface area (Å²) in [6, 6.07) is 15.0. The fourth-order valence-corrected chi connectivity index (χ4v) is 4.41. The number of benzene rings is 1. The Hall–Kier alpha value is -3.75. The summed E-state index contributed by atoms with van der Waals surface area (Å²) in [4.78, 5) is 14.0. The number of anilines is 2. The molecular weight excluding hydrogens is 420 g/mol. The molecule has 2 aromatic heterocycles. The van der Waals surface area contributed by atoms with Gasteiger partial charge in [-0.15, -0.1) is 15.3 Å². The van der Waals surface area contributed by atoms with Gasteiger partial charge in [-0.25, -0.2) is 4.79 Å². The lowest BCUT2D eigenvalue weighted by atomic mass is 9.78. The van der Waals surface area contributed by atoms with Crippen molar-refractivity contribution in [3.63, 3.8) is 0 Å². The summed E-state index contributed by atoms with van der Waals surface area (Å²) < 4.78 is 11.6. The molecule has 1 aromatic carbocycles. The van der Waals surface area contributed by atoms with Crippen molar-refractivity contribution in [2.45, 2.75) is 38.2 Å². The van der Waals surface area contributed by atoms with E-state index < -0.39 is 5.60 Å². The first kappa shape index (κ1) is 21.1. The molecule has 1 saturated carbocycles. The number of carbonyl (C=O) groups excluding carboxylic acids is 1. The fourth-order valence-electron chi connectivity index (χ4n) is 4.41. The lowest BCUT2D eigenvalue weighted by Gasteiger charge is -2.35. The topological polar surface area (TPSA) is 102 Å². The quantitative estimate of drug-likeness (QED) is 0.596. The minimum absolute atomic E-state index is 0.338. The molecule has 33 heavy (non-hydrogen) atoms. The van der Waals surface area contributed by atoms with Crippen LogP contribution in [-0.4, -0.2) is 45.2 Å². The van der Waals surface area contributed by atoms with Crippen LogP contribution in [0.5, 0.6) is 11.6 Å². The van der Waals surface area contributed by atoms with Gasteiger partial charge in [-0.1, -0.05) is 18.2 Å². The van der Waals surface area contributed by atoms with Crippen molar-refractivity contribution in [1.29, 1.82) is 0 Å². The zero-order valence-corrected chi connectivity index (χ0v) is 18.5. The number of para-hydroxylation sites is 1. The average molecular weight is 447 g/mol. The van der Waals surface area contributed by atoms with Gasteiger partial charge in [0.15, 0.2) is 5.82 Å². The number of ether oxygens (including phenoxy) is 2. The molecule has 2 aliphatic rings. The number of aromatic nitrogens is 4. The minimum atomic E-state index is -0.431. The van der Waals surface area contributed by atoms with E-state index in [0.29, 0.717) is 30.0 Å². The molecule has 2 fully saturated rings. The van der Waals surface area contributed by atoms with Crippen molar-refractivity contribution >= 4 is 17.7 Å². The summed E-state index contributed by atoms with van der Waals surface area (Å²) in [6.07, 6.45) is 4.85. The number of nitrogens with zero attached hydrogens (tertiary/aromatic N) is 5. The van der Waals surface area contributed by atoms with Crippen LogP contribution in [0, 0.1) is 12.8 Å². The molecule has 170 valence electrons. The second kappa shape index (κ2) is 9.01. The Kier molecular flexibility index (Phi) is 5.77. The highest BCUT2D eigenvalue weighted by Gasteiger charge is 2.48. The smallest absolute Gasteiger partial charge is 0.416 e. The molecule has 1 spiro atoms. The third-order valence-corrected chi connectivity index (χ3v) is 6.34. The average Bonchev–Trinajstić information content (AvgIpc) is 3.17. The second-order valence-electron chi connectivity index (χ2n) is 8.67. The summed E-state index contributed by atoms with van der Waals surface area (Å²) in [5.41, 5.74) is 0.615. The third kappa shape index (κ3) is 4.72. The number of hydrogen-bond donors (Lipinski definition) is 1. The van der Waals surface area contributed by atoms with Crippen molar-refractivity contribution in [2.75, 3.05) is 23.3 Å². The predicted octanol–water partition coefficient (Wildman–Crippen LogP) is 4.37. The van der Waals surface area contributed by atoms with Crippen molar-refractivity contribution in [2.24, 2.45) is 5.92 Å². The number of hydrogen-bond acceptors (Lipinski definition) is 8. The molecule has 3 heterocycles. The zero-order chi connectivity index (χ0) is 22.7. The summed E-state index contributed by atoms with van der Waals surface area (Å²) in [6.45, 7) is 3.32. The van der Waals surface area contributed by atoms with Crippen LogP contribution in [-0.2, 0) is 4.74 Å². The molecule has 1 aliphatic heterocycles. The van der Waals surface area contributed by atoms with Gasteiger partial charge in [0.25, 0.3) is 0 Å². The molecule has 9 nitrogen and oxygen atoms in total. The van der Waals surface area contributed by atoms with Crippen molar-refractivity contribution in [3.05, 3.63) is 60.3 Å². The summed E-state index contributed by atoms with van der Waals surface area (Å²) >= 11 is 0. The fraction of sp³-hybridized carbons (Fsp3) is 0.375. The Balaban J connectivity index is 1.11. The van der Waals surface area contributed by atoms with E-state index in [1.54, 1.807) is 23.2 Å². The molecule has 5 rings (SSSR count). The highest BCUT2D eigenvalue weighted by molar-refractivity contribution is 5.89. The number of aryl methyl sites for hydroxylation is 1. The van der Waals surface area contributed by atoms with Crippen LogP contribution in [0.2, 0.25) is 0 Å². The highest BCUT2D eigenvalue weighted by Crippen LogP contribution is 2.40.